The molecule has 0 fully saturated rings. The van der Waals surface area contributed by atoms with E-state index in [0.29, 0.717) is 10.7 Å². The second-order valence-corrected chi connectivity index (χ2v) is 4.62. The first-order chi connectivity index (χ1) is 8.06. The second-order valence-electron chi connectivity index (χ2n) is 4.21. The van der Waals surface area contributed by atoms with Crippen LogP contribution in [0.25, 0.3) is 0 Å². The average molecular weight is 252 g/mol. The lowest BCUT2D eigenvalue weighted by Crippen LogP contribution is -2.27. The van der Waals surface area contributed by atoms with Crippen LogP contribution in [0, 0.1) is 17.2 Å². The van der Waals surface area contributed by atoms with Crippen molar-refractivity contribution in [2.45, 2.75) is 20.4 Å². The molecule has 1 aromatic carbocycles. The van der Waals surface area contributed by atoms with Crippen molar-refractivity contribution in [1.82, 2.24) is 4.90 Å². The predicted octanol–water partition coefficient (Wildman–Crippen LogP) is 2.90. The molecule has 3 nitrogen and oxygen atoms in total. The average Bonchev–Trinajstić information content (AvgIpc) is 2.32. The van der Waals surface area contributed by atoms with Gasteiger partial charge in [-0.15, -0.1) is 0 Å². The molecule has 0 bridgehead atoms. The zero-order chi connectivity index (χ0) is 12.8. The summed E-state index contributed by atoms with van der Waals surface area (Å²) in [6, 6.07) is 7.92. The van der Waals surface area contributed by atoms with Gasteiger partial charge in [-0.2, -0.15) is 5.26 Å². The number of hydrogen-bond acceptors (Lipinski definition) is 3. The van der Waals surface area contributed by atoms with Crippen molar-refractivity contribution >= 4 is 17.3 Å². The van der Waals surface area contributed by atoms with Crippen LogP contribution >= 0.6 is 11.6 Å². The first-order valence-corrected chi connectivity index (χ1v) is 6.10. The minimum Gasteiger partial charge on any atom is -0.398 e. The molecule has 0 saturated carbocycles. The smallest absolute Gasteiger partial charge is 0.0666 e. The zero-order valence-electron chi connectivity index (χ0n) is 10.3. The lowest BCUT2D eigenvalue weighted by atomic mass is 10.1. The van der Waals surface area contributed by atoms with E-state index in [0.717, 1.165) is 25.2 Å². The molecule has 0 heterocycles. The van der Waals surface area contributed by atoms with Gasteiger partial charge in [-0.3, -0.25) is 4.90 Å². The molecular weight excluding hydrogens is 234 g/mol. The van der Waals surface area contributed by atoms with Crippen molar-refractivity contribution in [3.05, 3.63) is 28.8 Å². The summed E-state index contributed by atoms with van der Waals surface area (Å²) in [7, 11) is 0. The maximum Gasteiger partial charge on any atom is 0.0666 e. The Morgan fingerprint density at radius 2 is 2.24 bits per heavy atom. The van der Waals surface area contributed by atoms with Crippen LogP contribution in [0.3, 0.4) is 0 Å². The second kappa shape index (κ2) is 6.48. The Hall–Kier alpha value is -1.24. The van der Waals surface area contributed by atoms with Gasteiger partial charge in [0.25, 0.3) is 0 Å². The maximum absolute atomic E-state index is 8.81. The number of nitrogens with zero attached hydrogens (tertiary/aromatic N) is 2. The molecule has 1 atom stereocenters. The largest absolute Gasteiger partial charge is 0.398 e. The first kappa shape index (κ1) is 13.8. The van der Waals surface area contributed by atoms with Crippen LogP contribution in [0.4, 0.5) is 5.69 Å². The topological polar surface area (TPSA) is 53.0 Å². The molecule has 0 radical (unpaired) electrons. The van der Waals surface area contributed by atoms with E-state index in [9.17, 15) is 0 Å². The minimum atomic E-state index is 0.0413. The van der Waals surface area contributed by atoms with Gasteiger partial charge in [0.2, 0.25) is 0 Å². The molecule has 2 N–H and O–H groups in total. The van der Waals surface area contributed by atoms with E-state index in [4.69, 9.17) is 22.6 Å². The standard InChI is InChI=1S/C13H18ClN3/c1-3-17(8-10(2)7-15)9-11-4-5-12(14)13(16)6-11/h4-6,10H,3,8-9,16H2,1-2H3. The van der Waals surface area contributed by atoms with E-state index in [1.54, 1.807) is 0 Å². The summed E-state index contributed by atoms with van der Waals surface area (Å²) >= 11 is 5.88. The Morgan fingerprint density at radius 1 is 1.53 bits per heavy atom. The molecule has 0 spiro atoms. The monoisotopic (exact) mass is 251 g/mol. The Morgan fingerprint density at radius 3 is 2.76 bits per heavy atom. The van der Waals surface area contributed by atoms with E-state index in [2.05, 4.69) is 17.9 Å². The Bertz CT molecular complexity index is 412. The summed E-state index contributed by atoms with van der Waals surface area (Å²) in [6.07, 6.45) is 0. The van der Waals surface area contributed by atoms with E-state index < -0.39 is 0 Å². The fourth-order valence-corrected chi connectivity index (χ4v) is 1.80. The number of rotatable bonds is 5. The van der Waals surface area contributed by atoms with Gasteiger partial charge in [0.1, 0.15) is 0 Å². The van der Waals surface area contributed by atoms with E-state index in [1.807, 2.05) is 25.1 Å². The van der Waals surface area contributed by atoms with Crippen molar-refractivity contribution in [2.24, 2.45) is 5.92 Å². The molecule has 1 aromatic rings. The molecule has 0 aromatic heterocycles. The molecule has 0 saturated heterocycles. The maximum atomic E-state index is 8.81. The number of nitrogens with two attached hydrogens (primary N) is 1. The molecule has 1 unspecified atom stereocenters. The zero-order valence-corrected chi connectivity index (χ0v) is 11.0. The molecule has 0 amide bonds. The van der Waals surface area contributed by atoms with Crippen LogP contribution < -0.4 is 5.73 Å². The summed E-state index contributed by atoms with van der Waals surface area (Å²) in [5.74, 6) is 0.0413. The highest BCUT2D eigenvalue weighted by molar-refractivity contribution is 6.33. The van der Waals surface area contributed by atoms with Gasteiger partial charge in [-0.1, -0.05) is 24.6 Å². The molecule has 92 valence electrons. The van der Waals surface area contributed by atoms with Crippen LogP contribution in [-0.2, 0) is 6.54 Å². The van der Waals surface area contributed by atoms with Gasteiger partial charge in [0.05, 0.1) is 22.7 Å². The van der Waals surface area contributed by atoms with Crippen LogP contribution in [0.1, 0.15) is 19.4 Å². The van der Waals surface area contributed by atoms with Crippen molar-refractivity contribution < 1.29 is 0 Å². The molecule has 0 aliphatic rings. The van der Waals surface area contributed by atoms with Crippen molar-refractivity contribution in [2.75, 3.05) is 18.8 Å². The molecule has 0 aliphatic heterocycles. The minimum absolute atomic E-state index is 0.0413. The lowest BCUT2D eigenvalue weighted by molar-refractivity contribution is 0.260. The quantitative estimate of drug-likeness (QED) is 0.819. The third-order valence-electron chi connectivity index (χ3n) is 2.67. The van der Waals surface area contributed by atoms with Gasteiger partial charge < -0.3 is 5.73 Å². The Balaban J connectivity index is 2.67. The van der Waals surface area contributed by atoms with Gasteiger partial charge in [-0.25, -0.2) is 0 Å². The Kier molecular flexibility index (Phi) is 5.27. The molecule has 4 heteroatoms. The Labute approximate surface area is 108 Å². The highest BCUT2D eigenvalue weighted by atomic mass is 35.5. The third-order valence-corrected chi connectivity index (χ3v) is 3.01. The molecule has 1 rings (SSSR count). The van der Waals surface area contributed by atoms with Crippen molar-refractivity contribution in [3.63, 3.8) is 0 Å². The van der Waals surface area contributed by atoms with Gasteiger partial charge in [0.15, 0.2) is 0 Å². The van der Waals surface area contributed by atoms with Gasteiger partial charge in [-0.05, 0) is 31.2 Å². The van der Waals surface area contributed by atoms with E-state index in [-0.39, 0.29) is 5.92 Å². The summed E-state index contributed by atoms with van der Waals surface area (Å²) in [4.78, 5) is 2.22. The van der Waals surface area contributed by atoms with Crippen LogP contribution in [-0.4, -0.2) is 18.0 Å². The fourth-order valence-electron chi connectivity index (χ4n) is 1.68. The molecule has 17 heavy (non-hydrogen) atoms. The number of nitrogen functional groups attached to an aromatic ring is 1. The number of hydrogen-bond donors (Lipinski definition) is 1. The summed E-state index contributed by atoms with van der Waals surface area (Å²) in [6.45, 7) is 6.50. The summed E-state index contributed by atoms with van der Waals surface area (Å²) < 4.78 is 0. The van der Waals surface area contributed by atoms with Crippen LogP contribution in [0.15, 0.2) is 18.2 Å². The fraction of sp³-hybridized carbons (Fsp3) is 0.462. The highest BCUT2D eigenvalue weighted by Gasteiger charge is 2.09. The lowest BCUT2D eigenvalue weighted by Gasteiger charge is -2.21. The van der Waals surface area contributed by atoms with E-state index >= 15 is 0 Å². The SMILES string of the molecule is CCN(Cc1ccc(Cl)c(N)c1)CC(C)C#N. The van der Waals surface area contributed by atoms with Crippen LogP contribution in [0.5, 0.6) is 0 Å². The van der Waals surface area contributed by atoms with Gasteiger partial charge in [0, 0.05) is 13.1 Å². The van der Waals surface area contributed by atoms with Crippen molar-refractivity contribution in [1.29, 1.82) is 5.26 Å². The number of halogens is 1. The normalized spacial score (nSPS) is 12.4. The third kappa shape index (κ3) is 4.26. The van der Waals surface area contributed by atoms with E-state index in [1.165, 1.54) is 0 Å². The molecular formula is C13H18ClN3. The van der Waals surface area contributed by atoms with Crippen molar-refractivity contribution in [3.8, 4) is 6.07 Å². The first-order valence-electron chi connectivity index (χ1n) is 5.72. The summed E-state index contributed by atoms with van der Waals surface area (Å²) in [5, 5.41) is 9.40. The number of anilines is 1. The van der Waals surface area contributed by atoms with Crippen LogP contribution in [0.2, 0.25) is 5.02 Å². The van der Waals surface area contributed by atoms with Gasteiger partial charge >= 0.3 is 0 Å². The number of benzene rings is 1. The molecule has 0 aliphatic carbocycles. The summed E-state index contributed by atoms with van der Waals surface area (Å²) in [5.41, 5.74) is 7.49. The predicted molar refractivity (Wildman–Crippen MR) is 71.6 cm³/mol. The number of nitriles is 1. The highest BCUT2D eigenvalue weighted by Crippen LogP contribution is 2.20.